The summed E-state index contributed by atoms with van der Waals surface area (Å²) in [6.45, 7) is 1.86. The highest BCUT2D eigenvalue weighted by Crippen LogP contribution is 2.41. The molecule has 2 aliphatic heterocycles. The molecular formula is C15H14BrNO5. The Morgan fingerprint density at radius 2 is 2.14 bits per heavy atom. The topological polar surface area (TPSA) is 76.1 Å². The molecular weight excluding hydrogens is 354 g/mol. The molecule has 1 N–H and O–H groups in total. The summed E-state index contributed by atoms with van der Waals surface area (Å²) in [5, 5.41) is 10.6. The van der Waals surface area contributed by atoms with E-state index in [-0.39, 0.29) is 18.1 Å². The third kappa shape index (κ3) is 2.25. The molecule has 7 heteroatoms. The number of amides is 1. The van der Waals surface area contributed by atoms with Crippen molar-refractivity contribution in [3.05, 3.63) is 35.1 Å². The van der Waals surface area contributed by atoms with Gasteiger partial charge in [-0.15, -0.1) is 0 Å². The van der Waals surface area contributed by atoms with Crippen LogP contribution in [0.25, 0.3) is 0 Å². The number of alkyl halides is 1. The van der Waals surface area contributed by atoms with Crippen LogP contribution in [0.4, 0.5) is 0 Å². The van der Waals surface area contributed by atoms with Crippen molar-refractivity contribution in [1.29, 1.82) is 0 Å². The number of hydrogen-bond donors (Lipinski definition) is 1. The van der Waals surface area contributed by atoms with Gasteiger partial charge in [0.1, 0.15) is 0 Å². The summed E-state index contributed by atoms with van der Waals surface area (Å²) in [6.07, 6.45) is 0. The standard InChI is InChI=1S/C15H14BrNO5/c1-8(18)12-13(17(5-4-16)15(20)14(12)19)9-2-3-10-11(6-9)22-7-21-10/h2-3,6,13,19H,4-5,7H2,1H3. The number of ketones is 1. The summed E-state index contributed by atoms with van der Waals surface area (Å²) in [6, 6.07) is 4.64. The van der Waals surface area contributed by atoms with Crippen LogP contribution in [-0.4, -0.2) is 40.4 Å². The van der Waals surface area contributed by atoms with Gasteiger partial charge in [0.15, 0.2) is 23.0 Å². The zero-order chi connectivity index (χ0) is 15.9. The smallest absolute Gasteiger partial charge is 0.290 e. The molecule has 0 saturated heterocycles. The van der Waals surface area contributed by atoms with E-state index in [2.05, 4.69) is 15.9 Å². The maximum atomic E-state index is 12.2. The van der Waals surface area contributed by atoms with Crippen LogP contribution in [-0.2, 0) is 9.59 Å². The van der Waals surface area contributed by atoms with Crippen LogP contribution < -0.4 is 9.47 Å². The number of fused-ring (bicyclic) bond motifs is 1. The molecule has 0 fully saturated rings. The van der Waals surface area contributed by atoms with Gasteiger partial charge in [0.2, 0.25) is 6.79 Å². The summed E-state index contributed by atoms with van der Waals surface area (Å²) < 4.78 is 10.6. The first-order chi connectivity index (χ1) is 10.5. The van der Waals surface area contributed by atoms with E-state index in [1.165, 1.54) is 11.8 Å². The van der Waals surface area contributed by atoms with Crippen molar-refractivity contribution in [2.75, 3.05) is 18.7 Å². The average Bonchev–Trinajstić information content (AvgIpc) is 3.04. The number of hydrogen-bond acceptors (Lipinski definition) is 5. The van der Waals surface area contributed by atoms with Crippen LogP contribution in [0.15, 0.2) is 29.5 Å². The van der Waals surface area contributed by atoms with Gasteiger partial charge >= 0.3 is 0 Å². The van der Waals surface area contributed by atoms with Gasteiger partial charge < -0.3 is 19.5 Å². The van der Waals surface area contributed by atoms with Gasteiger partial charge in [-0.25, -0.2) is 0 Å². The zero-order valence-electron chi connectivity index (χ0n) is 11.8. The van der Waals surface area contributed by atoms with Gasteiger partial charge in [-0.3, -0.25) is 9.59 Å². The molecule has 0 saturated carbocycles. The summed E-state index contributed by atoms with van der Waals surface area (Å²) in [5.74, 6) is -0.148. The third-order valence-corrected chi connectivity index (χ3v) is 4.08. The molecule has 0 aliphatic carbocycles. The van der Waals surface area contributed by atoms with Crippen LogP contribution in [0.5, 0.6) is 11.5 Å². The van der Waals surface area contributed by atoms with Crippen molar-refractivity contribution in [1.82, 2.24) is 4.90 Å². The summed E-state index contributed by atoms with van der Waals surface area (Å²) in [4.78, 5) is 25.6. The van der Waals surface area contributed by atoms with Gasteiger partial charge in [-0.05, 0) is 24.6 Å². The molecule has 1 atom stereocenters. The highest BCUT2D eigenvalue weighted by molar-refractivity contribution is 9.09. The number of aliphatic hydroxyl groups excluding tert-OH is 1. The Balaban J connectivity index is 2.08. The minimum atomic E-state index is -0.614. The average molecular weight is 368 g/mol. The molecule has 1 amide bonds. The molecule has 2 heterocycles. The number of halogens is 1. The maximum absolute atomic E-state index is 12.2. The van der Waals surface area contributed by atoms with Gasteiger partial charge in [0.05, 0.1) is 11.6 Å². The Kier molecular flexibility index (Phi) is 3.82. The monoisotopic (exact) mass is 367 g/mol. The van der Waals surface area contributed by atoms with Crippen molar-refractivity contribution < 1.29 is 24.2 Å². The first-order valence-electron chi connectivity index (χ1n) is 6.75. The Bertz CT molecular complexity index is 685. The van der Waals surface area contributed by atoms with Crippen molar-refractivity contribution in [2.45, 2.75) is 13.0 Å². The van der Waals surface area contributed by atoms with Crippen LogP contribution in [0.3, 0.4) is 0 Å². The lowest BCUT2D eigenvalue weighted by Crippen LogP contribution is -2.32. The maximum Gasteiger partial charge on any atom is 0.290 e. The fourth-order valence-electron chi connectivity index (χ4n) is 2.76. The normalized spacial score (nSPS) is 20.0. The second-order valence-corrected chi connectivity index (χ2v) is 5.81. The molecule has 1 aromatic carbocycles. The van der Waals surface area contributed by atoms with Crippen molar-refractivity contribution >= 4 is 27.6 Å². The molecule has 0 bridgehead atoms. The van der Waals surface area contributed by atoms with E-state index in [1.807, 2.05) is 0 Å². The van der Waals surface area contributed by atoms with Gasteiger partial charge in [0, 0.05) is 11.9 Å². The summed E-state index contributed by atoms with van der Waals surface area (Å²) >= 11 is 3.29. The highest BCUT2D eigenvalue weighted by Gasteiger charge is 2.42. The van der Waals surface area contributed by atoms with Gasteiger partial charge in [-0.2, -0.15) is 0 Å². The number of benzene rings is 1. The third-order valence-electron chi connectivity index (χ3n) is 3.72. The number of carbonyl (C=O) groups is 2. The molecule has 2 aliphatic rings. The van der Waals surface area contributed by atoms with Crippen molar-refractivity contribution in [2.24, 2.45) is 0 Å². The van der Waals surface area contributed by atoms with E-state index in [9.17, 15) is 14.7 Å². The molecule has 3 rings (SSSR count). The molecule has 0 radical (unpaired) electrons. The molecule has 22 heavy (non-hydrogen) atoms. The van der Waals surface area contributed by atoms with E-state index >= 15 is 0 Å². The Labute approximate surface area is 135 Å². The molecule has 6 nitrogen and oxygen atoms in total. The Hall–Kier alpha value is -2.02. The Morgan fingerprint density at radius 1 is 1.41 bits per heavy atom. The number of rotatable bonds is 4. The minimum Gasteiger partial charge on any atom is -0.503 e. The Morgan fingerprint density at radius 3 is 2.82 bits per heavy atom. The number of Topliss-reactive ketones (excluding diaryl/α,β-unsaturated/α-hetero) is 1. The number of aliphatic hydroxyl groups is 1. The number of nitrogens with zero attached hydrogens (tertiary/aromatic N) is 1. The first kappa shape index (κ1) is 14.9. The second kappa shape index (κ2) is 5.64. The number of carbonyl (C=O) groups excluding carboxylic acids is 2. The quantitative estimate of drug-likeness (QED) is 0.824. The lowest BCUT2D eigenvalue weighted by Gasteiger charge is -2.26. The molecule has 0 aromatic heterocycles. The second-order valence-electron chi connectivity index (χ2n) is 5.02. The van der Waals surface area contributed by atoms with Crippen molar-refractivity contribution in [3.63, 3.8) is 0 Å². The van der Waals surface area contributed by atoms with E-state index in [4.69, 9.17) is 9.47 Å². The van der Waals surface area contributed by atoms with Crippen LogP contribution in [0.2, 0.25) is 0 Å². The van der Waals surface area contributed by atoms with Crippen molar-refractivity contribution in [3.8, 4) is 11.5 Å². The van der Waals surface area contributed by atoms with Crippen LogP contribution >= 0.6 is 15.9 Å². The van der Waals surface area contributed by atoms with Crippen LogP contribution in [0.1, 0.15) is 18.5 Å². The summed E-state index contributed by atoms with van der Waals surface area (Å²) in [5.41, 5.74) is 0.817. The van der Waals surface area contributed by atoms with Gasteiger partial charge in [0.25, 0.3) is 5.91 Å². The van der Waals surface area contributed by atoms with Crippen LogP contribution in [0, 0.1) is 0 Å². The minimum absolute atomic E-state index is 0.116. The molecule has 116 valence electrons. The largest absolute Gasteiger partial charge is 0.503 e. The fraction of sp³-hybridized carbons (Fsp3) is 0.333. The van der Waals surface area contributed by atoms with E-state index in [0.29, 0.717) is 28.9 Å². The highest BCUT2D eigenvalue weighted by atomic mass is 79.9. The zero-order valence-corrected chi connectivity index (χ0v) is 13.4. The lowest BCUT2D eigenvalue weighted by molar-refractivity contribution is -0.129. The molecule has 0 spiro atoms. The van der Waals surface area contributed by atoms with E-state index < -0.39 is 17.7 Å². The molecule has 1 aromatic rings. The van der Waals surface area contributed by atoms with E-state index in [1.54, 1.807) is 18.2 Å². The summed E-state index contributed by atoms with van der Waals surface area (Å²) in [7, 11) is 0. The number of ether oxygens (including phenoxy) is 2. The SMILES string of the molecule is CC(=O)C1=C(O)C(=O)N(CCBr)C1c1ccc2c(c1)OCO2. The lowest BCUT2D eigenvalue weighted by atomic mass is 9.96. The molecule has 1 unspecified atom stereocenters. The van der Waals surface area contributed by atoms with E-state index in [0.717, 1.165) is 0 Å². The van der Waals surface area contributed by atoms with Gasteiger partial charge in [-0.1, -0.05) is 22.0 Å². The fourth-order valence-corrected chi connectivity index (χ4v) is 3.15. The first-order valence-corrected chi connectivity index (χ1v) is 7.87. The predicted octanol–water partition coefficient (Wildman–Crippen LogP) is 2.09. The predicted molar refractivity (Wildman–Crippen MR) is 81.1 cm³/mol.